The maximum absolute atomic E-state index is 5.17. The molecule has 0 heterocycles. The van der Waals surface area contributed by atoms with Gasteiger partial charge in [-0.2, -0.15) is 0 Å². The summed E-state index contributed by atoms with van der Waals surface area (Å²) in [5.74, 6) is 0.945. The van der Waals surface area contributed by atoms with E-state index in [9.17, 15) is 0 Å². The summed E-state index contributed by atoms with van der Waals surface area (Å²) in [6.07, 6.45) is 4.39. The Hall–Kier alpha value is -1.24. The van der Waals surface area contributed by atoms with E-state index in [1.807, 2.05) is 12.1 Å². The lowest BCUT2D eigenvalue weighted by atomic mass is 10.1. The molecule has 1 heteroatoms. The van der Waals surface area contributed by atoms with Crippen LogP contribution in [0.15, 0.2) is 35.9 Å². The summed E-state index contributed by atoms with van der Waals surface area (Å²) in [6.45, 7) is 4.25. The zero-order valence-corrected chi connectivity index (χ0v) is 9.21. The third-order valence-electron chi connectivity index (χ3n) is 2.43. The minimum absolute atomic E-state index is 0.945. The molecule has 0 fully saturated rings. The Balaban J connectivity index is 2.58. The third kappa shape index (κ3) is 3.25. The van der Waals surface area contributed by atoms with Gasteiger partial charge in [0.2, 0.25) is 0 Å². The molecule has 0 radical (unpaired) electrons. The van der Waals surface area contributed by atoms with Crippen LogP contribution in [-0.4, -0.2) is 7.11 Å². The van der Waals surface area contributed by atoms with Gasteiger partial charge in [0.1, 0.15) is 5.75 Å². The monoisotopic (exact) mass is 190 g/mol. The number of benzene rings is 1. The van der Waals surface area contributed by atoms with E-state index < -0.39 is 0 Å². The zero-order chi connectivity index (χ0) is 10.4. The lowest BCUT2D eigenvalue weighted by molar-refractivity contribution is 0.414. The highest BCUT2D eigenvalue weighted by atomic mass is 16.5. The predicted octanol–water partition coefficient (Wildman–Crippen LogP) is 3.59. The molecule has 0 saturated heterocycles. The lowest BCUT2D eigenvalue weighted by Crippen LogP contribution is -1.88. The van der Waals surface area contributed by atoms with Crippen molar-refractivity contribution in [2.45, 2.75) is 26.7 Å². The van der Waals surface area contributed by atoms with Gasteiger partial charge in [0.05, 0.1) is 7.11 Å². The fourth-order valence-corrected chi connectivity index (χ4v) is 1.31. The van der Waals surface area contributed by atoms with E-state index >= 15 is 0 Å². The first-order chi connectivity index (χ1) is 6.76. The summed E-state index contributed by atoms with van der Waals surface area (Å²) in [5.41, 5.74) is 2.78. The van der Waals surface area contributed by atoms with Crippen molar-refractivity contribution in [2.24, 2.45) is 0 Å². The molecule has 0 bridgehead atoms. The van der Waals surface area contributed by atoms with Crippen LogP contribution in [-0.2, 0) is 6.42 Å². The van der Waals surface area contributed by atoms with Crippen LogP contribution in [0.2, 0.25) is 0 Å². The largest absolute Gasteiger partial charge is 0.497 e. The highest BCUT2D eigenvalue weighted by molar-refractivity contribution is 5.28. The van der Waals surface area contributed by atoms with Crippen molar-refractivity contribution in [1.29, 1.82) is 0 Å². The minimum atomic E-state index is 0.945. The normalized spacial score (nSPS) is 11.5. The molecule has 0 aliphatic heterocycles. The quantitative estimate of drug-likeness (QED) is 0.659. The van der Waals surface area contributed by atoms with Gasteiger partial charge in [-0.05, 0) is 44.4 Å². The van der Waals surface area contributed by atoms with Crippen LogP contribution in [0.4, 0.5) is 0 Å². The maximum Gasteiger partial charge on any atom is 0.119 e. The van der Waals surface area contributed by atoms with Gasteiger partial charge in [-0.1, -0.05) is 23.8 Å². The van der Waals surface area contributed by atoms with E-state index in [2.05, 4.69) is 32.1 Å². The molecule has 0 amide bonds. The van der Waals surface area contributed by atoms with Crippen molar-refractivity contribution in [2.75, 3.05) is 7.11 Å². The van der Waals surface area contributed by atoms with Crippen LogP contribution in [0.5, 0.6) is 5.75 Å². The fourth-order valence-electron chi connectivity index (χ4n) is 1.31. The molecular formula is C13H18O. The first-order valence-electron chi connectivity index (χ1n) is 5.01. The van der Waals surface area contributed by atoms with Gasteiger partial charge in [-0.15, -0.1) is 0 Å². The topological polar surface area (TPSA) is 9.23 Å². The highest BCUT2D eigenvalue weighted by Crippen LogP contribution is 2.15. The summed E-state index contributed by atoms with van der Waals surface area (Å²) in [6, 6.07) is 8.26. The number of hydrogen-bond acceptors (Lipinski definition) is 1. The van der Waals surface area contributed by atoms with Crippen LogP contribution in [0.1, 0.15) is 25.8 Å². The Kier molecular flexibility index (Phi) is 4.24. The molecule has 1 rings (SSSR count). The first kappa shape index (κ1) is 10.8. The van der Waals surface area contributed by atoms with Gasteiger partial charge in [0.15, 0.2) is 0 Å². The van der Waals surface area contributed by atoms with Gasteiger partial charge >= 0.3 is 0 Å². The smallest absolute Gasteiger partial charge is 0.119 e. The summed E-state index contributed by atoms with van der Waals surface area (Å²) in [4.78, 5) is 0. The van der Waals surface area contributed by atoms with Crippen LogP contribution in [0.25, 0.3) is 0 Å². The van der Waals surface area contributed by atoms with Gasteiger partial charge in [0, 0.05) is 0 Å². The second-order valence-electron chi connectivity index (χ2n) is 3.49. The van der Waals surface area contributed by atoms with Gasteiger partial charge < -0.3 is 4.74 Å². The third-order valence-corrected chi connectivity index (χ3v) is 2.43. The second-order valence-corrected chi connectivity index (χ2v) is 3.49. The van der Waals surface area contributed by atoms with Crippen LogP contribution in [0, 0.1) is 0 Å². The molecule has 1 aromatic carbocycles. The Morgan fingerprint density at radius 1 is 1.43 bits per heavy atom. The van der Waals surface area contributed by atoms with Crippen LogP contribution < -0.4 is 4.74 Å². The number of allylic oxidation sites excluding steroid dienone is 2. The zero-order valence-electron chi connectivity index (χ0n) is 9.21. The van der Waals surface area contributed by atoms with E-state index in [1.54, 1.807) is 7.11 Å². The summed E-state index contributed by atoms with van der Waals surface area (Å²) in [7, 11) is 1.70. The van der Waals surface area contributed by atoms with E-state index in [-0.39, 0.29) is 0 Å². The molecule has 0 aromatic heterocycles. The number of rotatable bonds is 4. The maximum atomic E-state index is 5.17. The molecule has 0 N–H and O–H groups in total. The Morgan fingerprint density at radius 3 is 2.86 bits per heavy atom. The average molecular weight is 190 g/mol. The van der Waals surface area contributed by atoms with Crippen LogP contribution >= 0.6 is 0 Å². The summed E-state index contributed by atoms with van der Waals surface area (Å²) in [5, 5.41) is 0. The van der Waals surface area contributed by atoms with Gasteiger partial charge in [0.25, 0.3) is 0 Å². The molecule has 0 aliphatic rings. The molecule has 14 heavy (non-hydrogen) atoms. The SMILES string of the molecule is CC=C(C)CCc1cccc(OC)c1. The van der Waals surface area contributed by atoms with E-state index in [1.165, 1.54) is 11.1 Å². The molecule has 0 aliphatic carbocycles. The molecular weight excluding hydrogens is 172 g/mol. The fraction of sp³-hybridized carbons (Fsp3) is 0.385. The summed E-state index contributed by atoms with van der Waals surface area (Å²) >= 11 is 0. The molecule has 0 spiro atoms. The van der Waals surface area contributed by atoms with Crippen molar-refractivity contribution < 1.29 is 4.74 Å². The van der Waals surface area contributed by atoms with Crippen molar-refractivity contribution >= 4 is 0 Å². The average Bonchev–Trinajstić information content (AvgIpc) is 2.26. The van der Waals surface area contributed by atoms with Crippen molar-refractivity contribution in [3.05, 3.63) is 41.5 Å². The molecule has 0 saturated carbocycles. The predicted molar refractivity (Wildman–Crippen MR) is 60.7 cm³/mol. The standard InChI is InChI=1S/C13H18O/c1-4-11(2)8-9-12-6-5-7-13(10-12)14-3/h4-7,10H,8-9H2,1-3H3. The molecule has 1 nitrogen and oxygen atoms in total. The van der Waals surface area contributed by atoms with Gasteiger partial charge in [-0.25, -0.2) is 0 Å². The van der Waals surface area contributed by atoms with Crippen molar-refractivity contribution in [3.63, 3.8) is 0 Å². The number of aryl methyl sites for hydroxylation is 1. The van der Waals surface area contributed by atoms with E-state index in [0.29, 0.717) is 0 Å². The second kappa shape index (κ2) is 5.48. The summed E-state index contributed by atoms with van der Waals surface area (Å²) < 4.78 is 5.17. The molecule has 76 valence electrons. The molecule has 0 atom stereocenters. The van der Waals surface area contributed by atoms with E-state index in [4.69, 9.17) is 4.74 Å². The van der Waals surface area contributed by atoms with Crippen molar-refractivity contribution in [3.8, 4) is 5.75 Å². The Bertz CT molecular complexity index is 313. The van der Waals surface area contributed by atoms with Crippen molar-refractivity contribution in [1.82, 2.24) is 0 Å². The molecule has 0 unspecified atom stereocenters. The van der Waals surface area contributed by atoms with Gasteiger partial charge in [-0.3, -0.25) is 0 Å². The highest BCUT2D eigenvalue weighted by Gasteiger charge is 1.96. The Morgan fingerprint density at radius 2 is 2.21 bits per heavy atom. The van der Waals surface area contributed by atoms with E-state index in [0.717, 1.165) is 18.6 Å². The minimum Gasteiger partial charge on any atom is -0.497 e. The first-order valence-corrected chi connectivity index (χ1v) is 5.01. The number of methoxy groups -OCH3 is 1. The lowest BCUT2D eigenvalue weighted by Gasteiger charge is -2.04. The molecule has 1 aromatic rings. The Labute approximate surface area is 86.4 Å². The van der Waals surface area contributed by atoms with Crippen LogP contribution in [0.3, 0.4) is 0 Å². The number of hydrogen-bond donors (Lipinski definition) is 0. The number of ether oxygens (including phenoxy) is 1.